The lowest BCUT2D eigenvalue weighted by atomic mass is 9.78. The van der Waals surface area contributed by atoms with Crippen molar-refractivity contribution >= 4 is 0 Å². The minimum atomic E-state index is 0.874. The van der Waals surface area contributed by atoms with Crippen molar-refractivity contribution in [2.75, 3.05) is 26.2 Å². The van der Waals surface area contributed by atoms with Crippen molar-refractivity contribution < 1.29 is 0 Å². The quantitative estimate of drug-likeness (QED) is 0.622. The largest absolute Gasteiger partial charge is 0.316 e. The van der Waals surface area contributed by atoms with Gasteiger partial charge in [0.25, 0.3) is 0 Å². The lowest BCUT2D eigenvalue weighted by Gasteiger charge is -2.44. The van der Waals surface area contributed by atoms with E-state index in [0.717, 1.165) is 12.0 Å². The van der Waals surface area contributed by atoms with Gasteiger partial charge in [0.15, 0.2) is 0 Å². The molecule has 2 heteroatoms. The zero-order chi connectivity index (χ0) is 11.1. The summed E-state index contributed by atoms with van der Waals surface area (Å²) in [5.41, 5.74) is 0. The Labute approximate surface area is 95.4 Å². The normalized spacial score (nSPS) is 25.6. The maximum atomic E-state index is 3.56. The molecule has 0 spiro atoms. The van der Waals surface area contributed by atoms with Crippen LogP contribution in [0.5, 0.6) is 0 Å². The van der Waals surface area contributed by atoms with Crippen molar-refractivity contribution in [2.24, 2.45) is 5.92 Å². The molecule has 0 aromatic heterocycles. The third-order valence-corrected chi connectivity index (χ3v) is 3.60. The average Bonchev–Trinajstić information content (AvgIpc) is 2.22. The van der Waals surface area contributed by atoms with Gasteiger partial charge in [-0.3, -0.25) is 0 Å². The van der Waals surface area contributed by atoms with Gasteiger partial charge in [-0.2, -0.15) is 0 Å². The molecule has 0 amide bonds. The van der Waals surface area contributed by atoms with Gasteiger partial charge in [0.05, 0.1) is 0 Å². The molecule has 0 aliphatic heterocycles. The van der Waals surface area contributed by atoms with Gasteiger partial charge in [-0.05, 0) is 57.8 Å². The second kappa shape index (κ2) is 7.24. The van der Waals surface area contributed by atoms with Crippen LogP contribution in [0.15, 0.2) is 0 Å². The third-order valence-electron chi connectivity index (χ3n) is 3.60. The van der Waals surface area contributed by atoms with E-state index in [1.165, 1.54) is 51.9 Å². The number of hydrogen-bond donors (Lipinski definition) is 1. The molecule has 0 radical (unpaired) electrons. The highest BCUT2D eigenvalue weighted by molar-refractivity contribution is 4.89. The van der Waals surface area contributed by atoms with E-state index < -0.39 is 0 Å². The van der Waals surface area contributed by atoms with Crippen LogP contribution >= 0.6 is 0 Å². The second-order valence-electron chi connectivity index (χ2n) is 4.74. The van der Waals surface area contributed by atoms with E-state index in [1.807, 2.05) is 0 Å². The highest BCUT2D eigenvalue weighted by Gasteiger charge is 2.33. The van der Waals surface area contributed by atoms with Gasteiger partial charge in [0.2, 0.25) is 0 Å². The third kappa shape index (κ3) is 3.76. The van der Waals surface area contributed by atoms with E-state index in [-0.39, 0.29) is 0 Å². The highest BCUT2D eigenvalue weighted by Crippen LogP contribution is 2.31. The SMILES string of the molecule is CCCNCC1CCC1N(CC)CCC. The van der Waals surface area contributed by atoms with Crippen molar-refractivity contribution in [1.82, 2.24) is 10.2 Å². The minimum absolute atomic E-state index is 0.874. The van der Waals surface area contributed by atoms with Crippen LogP contribution in [0.1, 0.15) is 46.5 Å². The number of nitrogens with zero attached hydrogens (tertiary/aromatic N) is 1. The Kier molecular flexibility index (Phi) is 6.26. The molecule has 2 atom stereocenters. The van der Waals surface area contributed by atoms with Gasteiger partial charge in [0, 0.05) is 6.04 Å². The van der Waals surface area contributed by atoms with Crippen molar-refractivity contribution in [3.8, 4) is 0 Å². The molecule has 0 heterocycles. The number of nitrogens with one attached hydrogen (secondary N) is 1. The Morgan fingerprint density at radius 2 is 1.93 bits per heavy atom. The average molecular weight is 212 g/mol. The molecule has 1 N–H and O–H groups in total. The molecule has 1 rings (SSSR count). The highest BCUT2D eigenvalue weighted by atomic mass is 15.2. The topological polar surface area (TPSA) is 15.3 Å². The first-order chi connectivity index (χ1) is 7.33. The summed E-state index contributed by atoms with van der Waals surface area (Å²) >= 11 is 0. The van der Waals surface area contributed by atoms with Crippen LogP contribution in [0.25, 0.3) is 0 Å². The molecule has 1 aliphatic carbocycles. The molecule has 0 aromatic rings. The Morgan fingerprint density at radius 1 is 1.13 bits per heavy atom. The Bertz CT molecular complexity index is 159. The first kappa shape index (κ1) is 13.0. The van der Waals surface area contributed by atoms with E-state index in [2.05, 4.69) is 31.0 Å². The van der Waals surface area contributed by atoms with Crippen molar-refractivity contribution in [1.29, 1.82) is 0 Å². The van der Waals surface area contributed by atoms with Crippen molar-refractivity contribution in [2.45, 2.75) is 52.5 Å². The second-order valence-corrected chi connectivity index (χ2v) is 4.74. The summed E-state index contributed by atoms with van der Waals surface area (Å²) in [5.74, 6) is 0.919. The molecule has 90 valence electrons. The van der Waals surface area contributed by atoms with Crippen LogP contribution in [0.3, 0.4) is 0 Å². The fourth-order valence-electron chi connectivity index (χ4n) is 2.58. The zero-order valence-electron chi connectivity index (χ0n) is 10.8. The Morgan fingerprint density at radius 3 is 2.40 bits per heavy atom. The van der Waals surface area contributed by atoms with E-state index >= 15 is 0 Å². The smallest absolute Gasteiger partial charge is 0.0136 e. The molecular formula is C13H28N2. The van der Waals surface area contributed by atoms with E-state index in [1.54, 1.807) is 0 Å². The molecule has 0 saturated heterocycles. The summed E-state index contributed by atoms with van der Waals surface area (Å²) in [4.78, 5) is 2.67. The van der Waals surface area contributed by atoms with Gasteiger partial charge >= 0.3 is 0 Å². The zero-order valence-corrected chi connectivity index (χ0v) is 10.8. The van der Waals surface area contributed by atoms with Crippen LogP contribution in [-0.2, 0) is 0 Å². The molecule has 0 aromatic carbocycles. The van der Waals surface area contributed by atoms with Gasteiger partial charge in [0.1, 0.15) is 0 Å². The Hall–Kier alpha value is -0.0800. The van der Waals surface area contributed by atoms with E-state index in [9.17, 15) is 0 Å². The predicted molar refractivity (Wildman–Crippen MR) is 67.2 cm³/mol. The lowest BCUT2D eigenvalue weighted by Crippen LogP contribution is -2.50. The molecule has 0 bridgehead atoms. The predicted octanol–water partition coefficient (Wildman–Crippen LogP) is 2.50. The van der Waals surface area contributed by atoms with Crippen LogP contribution < -0.4 is 5.32 Å². The number of rotatable bonds is 8. The molecule has 15 heavy (non-hydrogen) atoms. The maximum Gasteiger partial charge on any atom is 0.0136 e. The van der Waals surface area contributed by atoms with Gasteiger partial charge in [-0.1, -0.05) is 20.8 Å². The summed E-state index contributed by atoms with van der Waals surface area (Å²) < 4.78 is 0. The molecular weight excluding hydrogens is 184 g/mol. The molecule has 2 unspecified atom stereocenters. The number of hydrogen-bond acceptors (Lipinski definition) is 2. The summed E-state index contributed by atoms with van der Waals surface area (Å²) in [6.07, 6.45) is 5.40. The van der Waals surface area contributed by atoms with Crippen LogP contribution in [0.4, 0.5) is 0 Å². The van der Waals surface area contributed by atoms with E-state index in [0.29, 0.717) is 0 Å². The van der Waals surface area contributed by atoms with Gasteiger partial charge in [-0.15, -0.1) is 0 Å². The maximum absolute atomic E-state index is 3.56. The summed E-state index contributed by atoms with van der Waals surface area (Å²) in [5, 5.41) is 3.56. The first-order valence-corrected chi connectivity index (χ1v) is 6.78. The Balaban J connectivity index is 2.22. The van der Waals surface area contributed by atoms with Gasteiger partial charge in [-0.25, -0.2) is 0 Å². The van der Waals surface area contributed by atoms with E-state index in [4.69, 9.17) is 0 Å². The fraction of sp³-hybridized carbons (Fsp3) is 1.00. The standard InChI is InChI=1S/C13H28N2/c1-4-9-14-11-12-7-8-13(12)15(6-3)10-5-2/h12-14H,4-11H2,1-3H3. The van der Waals surface area contributed by atoms with Crippen LogP contribution in [-0.4, -0.2) is 37.1 Å². The summed E-state index contributed by atoms with van der Waals surface area (Å²) in [6, 6.07) is 0.874. The first-order valence-electron chi connectivity index (χ1n) is 6.78. The lowest BCUT2D eigenvalue weighted by molar-refractivity contribution is 0.0662. The van der Waals surface area contributed by atoms with Crippen LogP contribution in [0.2, 0.25) is 0 Å². The molecule has 1 aliphatic rings. The molecule has 1 saturated carbocycles. The summed E-state index contributed by atoms with van der Waals surface area (Å²) in [6.45, 7) is 11.7. The molecule has 1 fully saturated rings. The molecule has 2 nitrogen and oxygen atoms in total. The monoisotopic (exact) mass is 212 g/mol. The minimum Gasteiger partial charge on any atom is -0.316 e. The van der Waals surface area contributed by atoms with Gasteiger partial charge < -0.3 is 10.2 Å². The fourth-order valence-corrected chi connectivity index (χ4v) is 2.58. The van der Waals surface area contributed by atoms with Crippen LogP contribution in [0, 0.1) is 5.92 Å². The van der Waals surface area contributed by atoms with Crippen molar-refractivity contribution in [3.05, 3.63) is 0 Å². The summed E-state index contributed by atoms with van der Waals surface area (Å²) in [7, 11) is 0. The van der Waals surface area contributed by atoms with Crippen molar-refractivity contribution in [3.63, 3.8) is 0 Å².